The summed E-state index contributed by atoms with van der Waals surface area (Å²) in [5, 5.41) is 19.5. The van der Waals surface area contributed by atoms with Gasteiger partial charge in [-0.05, 0) is 25.0 Å². The van der Waals surface area contributed by atoms with E-state index in [1.54, 1.807) is 12.3 Å². The fourth-order valence-corrected chi connectivity index (χ4v) is 1.97. The van der Waals surface area contributed by atoms with Crippen molar-refractivity contribution in [1.82, 2.24) is 4.98 Å². The zero-order valence-electron chi connectivity index (χ0n) is 9.76. The lowest BCUT2D eigenvalue weighted by Gasteiger charge is -2.05. The zero-order chi connectivity index (χ0) is 13.0. The van der Waals surface area contributed by atoms with E-state index in [4.69, 9.17) is 10.4 Å². The molecule has 0 amide bonds. The van der Waals surface area contributed by atoms with Crippen molar-refractivity contribution < 1.29 is 9.90 Å². The molecule has 4 heteroatoms. The van der Waals surface area contributed by atoms with Gasteiger partial charge in [-0.15, -0.1) is 0 Å². The molecule has 1 aromatic carbocycles. The number of pyridine rings is 1. The lowest BCUT2D eigenvalue weighted by atomic mass is 10.0. The van der Waals surface area contributed by atoms with Gasteiger partial charge >= 0.3 is 5.97 Å². The average molecular weight is 240 g/mol. The number of aryl methyl sites for hydroxylation is 1. The maximum Gasteiger partial charge on any atom is 0.303 e. The summed E-state index contributed by atoms with van der Waals surface area (Å²) in [6, 6.07) is 9.47. The van der Waals surface area contributed by atoms with Crippen LogP contribution in [0.1, 0.15) is 24.1 Å². The second-order valence-electron chi connectivity index (χ2n) is 4.02. The van der Waals surface area contributed by atoms with Crippen LogP contribution < -0.4 is 0 Å². The van der Waals surface area contributed by atoms with Gasteiger partial charge in [-0.25, -0.2) is 0 Å². The third-order valence-electron chi connectivity index (χ3n) is 2.81. The Bertz CT molecular complexity index is 629. The molecular formula is C14H12N2O2. The lowest BCUT2D eigenvalue weighted by Crippen LogP contribution is -1.98. The predicted molar refractivity (Wildman–Crippen MR) is 67.0 cm³/mol. The minimum Gasteiger partial charge on any atom is -0.481 e. The van der Waals surface area contributed by atoms with E-state index in [-0.39, 0.29) is 6.42 Å². The first-order valence-electron chi connectivity index (χ1n) is 5.71. The predicted octanol–water partition coefficient (Wildman–Crippen LogP) is 2.51. The first-order valence-corrected chi connectivity index (χ1v) is 5.71. The maximum atomic E-state index is 10.5. The molecular weight excluding hydrogens is 228 g/mol. The fraction of sp³-hybridized carbons (Fsp3) is 0.214. The van der Waals surface area contributed by atoms with E-state index in [9.17, 15) is 4.79 Å². The number of fused-ring (bicyclic) bond motifs is 1. The van der Waals surface area contributed by atoms with Crippen molar-refractivity contribution in [3.05, 3.63) is 41.7 Å². The van der Waals surface area contributed by atoms with E-state index >= 15 is 0 Å². The Morgan fingerprint density at radius 2 is 2.17 bits per heavy atom. The Kier molecular flexibility index (Phi) is 3.54. The number of hydrogen-bond donors (Lipinski definition) is 1. The number of carbonyl (C=O) groups is 1. The highest BCUT2D eigenvalue weighted by atomic mass is 16.4. The molecule has 0 aliphatic rings. The van der Waals surface area contributed by atoms with E-state index in [0.717, 1.165) is 16.5 Å². The van der Waals surface area contributed by atoms with Gasteiger partial charge in [0.15, 0.2) is 0 Å². The molecule has 0 saturated heterocycles. The smallest absolute Gasteiger partial charge is 0.303 e. The van der Waals surface area contributed by atoms with Gasteiger partial charge in [0.05, 0.1) is 11.6 Å². The molecule has 2 rings (SSSR count). The molecule has 2 aromatic rings. The molecule has 18 heavy (non-hydrogen) atoms. The summed E-state index contributed by atoms with van der Waals surface area (Å²) in [4.78, 5) is 14.8. The molecule has 1 heterocycles. The number of nitrogens with zero attached hydrogens (tertiary/aromatic N) is 2. The van der Waals surface area contributed by atoms with Crippen LogP contribution in [-0.2, 0) is 11.2 Å². The molecule has 1 N–H and O–H groups in total. The zero-order valence-corrected chi connectivity index (χ0v) is 9.76. The molecule has 4 nitrogen and oxygen atoms in total. The first-order chi connectivity index (χ1) is 8.72. The number of carboxylic acids is 1. The van der Waals surface area contributed by atoms with Gasteiger partial charge < -0.3 is 5.11 Å². The second kappa shape index (κ2) is 5.28. The molecule has 1 aromatic heterocycles. The number of nitriles is 1. The van der Waals surface area contributed by atoms with Crippen molar-refractivity contribution in [3.8, 4) is 6.07 Å². The number of rotatable bonds is 4. The molecule has 0 aliphatic carbocycles. The number of carboxylic acid groups (broad SMARTS) is 1. The molecule has 0 bridgehead atoms. The van der Waals surface area contributed by atoms with Crippen molar-refractivity contribution >= 4 is 16.7 Å². The summed E-state index contributed by atoms with van der Waals surface area (Å²) < 4.78 is 0. The molecule has 0 spiro atoms. The quantitative estimate of drug-likeness (QED) is 0.891. The van der Waals surface area contributed by atoms with Crippen molar-refractivity contribution in [1.29, 1.82) is 5.26 Å². The summed E-state index contributed by atoms with van der Waals surface area (Å²) in [7, 11) is 0. The Labute approximate surface area is 105 Å². The Balaban J connectivity index is 2.34. The summed E-state index contributed by atoms with van der Waals surface area (Å²) in [5.74, 6) is -0.798. The largest absolute Gasteiger partial charge is 0.481 e. The van der Waals surface area contributed by atoms with Crippen LogP contribution in [0, 0.1) is 11.3 Å². The van der Waals surface area contributed by atoms with E-state index in [1.165, 1.54) is 0 Å². The highest BCUT2D eigenvalue weighted by molar-refractivity contribution is 5.89. The van der Waals surface area contributed by atoms with E-state index in [0.29, 0.717) is 18.4 Å². The van der Waals surface area contributed by atoms with Crippen molar-refractivity contribution in [2.75, 3.05) is 0 Å². The van der Waals surface area contributed by atoms with Gasteiger partial charge in [0.1, 0.15) is 0 Å². The van der Waals surface area contributed by atoms with Crippen LogP contribution in [-0.4, -0.2) is 16.1 Å². The van der Waals surface area contributed by atoms with Crippen LogP contribution in [0.15, 0.2) is 30.5 Å². The average Bonchev–Trinajstić information content (AvgIpc) is 2.38. The second-order valence-corrected chi connectivity index (χ2v) is 4.02. The van der Waals surface area contributed by atoms with E-state index in [1.807, 2.05) is 18.2 Å². The minimum absolute atomic E-state index is 0.135. The highest BCUT2D eigenvalue weighted by Crippen LogP contribution is 2.21. The third-order valence-corrected chi connectivity index (χ3v) is 2.81. The maximum absolute atomic E-state index is 10.5. The Morgan fingerprint density at radius 3 is 2.89 bits per heavy atom. The van der Waals surface area contributed by atoms with Crippen molar-refractivity contribution in [3.63, 3.8) is 0 Å². The molecule has 90 valence electrons. The number of benzene rings is 1. The highest BCUT2D eigenvalue weighted by Gasteiger charge is 2.06. The number of hydrogen-bond acceptors (Lipinski definition) is 3. The Morgan fingerprint density at radius 1 is 1.33 bits per heavy atom. The molecule has 0 aliphatic heterocycles. The van der Waals surface area contributed by atoms with Gasteiger partial charge in [-0.2, -0.15) is 5.26 Å². The van der Waals surface area contributed by atoms with Crippen molar-refractivity contribution in [2.45, 2.75) is 19.3 Å². The van der Waals surface area contributed by atoms with Gasteiger partial charge in [-0.3, -0.25) is 9.78 Å². The first kappa shape index (κ1) is 12.1. The molecule has 0 fully saturated rings. The van der Waals surface area contributed by atoms with Crippen LogP contribution in [0.5, 0.6) is 0 Å². The van der Waals surface area contributed by atoms with Crippen LogP contribution in [0.2, 0.25) is 0 Å². The van der Waals surface area contributed by atoms with Crippen molar-refractivity contribution in [2.24, 2.45) is 0 Å². The van der Waals surface area contributed by atoms with E-state index < -0.39 is 5.97 Å². The molecule has 0 saturated carbocycles. The molecule has 0 atom stereocenters. The molecule has 0 unspecified atom stereocenters. The van der Waals surface area contributed by atoms with Gasteiger partial charge in [0.2, 0.25) is 0 Å². The topological polar surface area (TPSA) is 74.0 Å². The van der Waals surface area contributed by atoms with E-state index in [2.05, 4.69) is 11.1 Å². The van der Waals surface area contributed by atoms with Gasteiger partial charge in [0.25, 0.3) is 0 Å². The van der Waals surface area contributed by atoms with Gasteiger partial charge in [0, 0.05) is 29.1 Å². The van der Waals surface area contributed by atoms with Crippen LogP contribution in [0.3, 0.4) is 0 Å². The summed E-state index contributed by atoms with van der Waals surface area (Å²) in [6.07, 6.45) is 2.96. The summed E-state index contributed by atoms with van der Waals surface area (Å²) in [5.41, 5.74) is 1.47. The normalized spacial score (nSPS) is 10.2. The fourth-order valence-electron chi connectivity index (χ4n) is 1.97. The molecule has 0 radical (unpaired) electrons. The van der Waals surface area contributed by atoms with Gasteiger partial charge in [-0.1, -0.05) is 12.1 Å². The lowest BCUT2D eigenvalue weighted by molar-refractivity contribution is -0.137. The number of aliphatic carboxylic acids is 1. The monoisotopic (exact) mass is 240 g/mol. The standard InChI is InChI=1S/C14H12N2O2/c15-9-10-3-1-4-12-11(10)7-8-16-13(12)5-2-6-14(17)18/h1,3-4,7-8H,2,5-6H2,(H,17,18). The minimum atomic E-state index is -0.798. The van der Waals surface area contributed by atoms with Crippen LogP contribution in [0.4, 0.5) is 0 Å². The number of aromatic nitrogens is 1. The summed E-state index contributed by atoms with van der Waals surface area (Å²) in [6.45, 7) is 0. The SMILES string of the molecule is N#Cc1cccc2c(CCCC(=O)O)nccc12. The third kappa shape index (κ3) is 2.46. The van der Waals surface area contributed by atoms with Crippen LogP contribution >= 0.6 is 0 Å². The van der Waals surface area contributed by atoms with Crippen LogP contribution in [0.25, 0.3) is 10.8 Å². The Hall–Kier alpha value is -2.41. The summed E-state index contributed by atoms with van der Waals surface area (Å²) >= 11 is 0.